The fourth-order valence-electron chi connectivity index (χ4n) is 2.63. The van der Waals surface area contributed by atoms with Crippen LogP contribution in [0.3, 0.4) is 0 Å². The van der Waals surface area contributed by atoms with E-state index in [1.807, 2.05) is 6.92 Å². The molecule has 1 amide bonds. The van der Waals surface area contributed by atoms with E-state index in [-0.39, 0.29) is 36.9 Å². The second-order valence-corrected chi connectivity index (χ2v) is 5.81. The SMILES string of the molecule is CC(CC(=O)OCCNc1ncccn1)NC(=O)C1CCCC1. The van der Waals surface area contributed by atoms with E-state index in [2.05, 4.69) is 20.6 Å². The van der Waals surface area contributed by atoms with Gasteiger partial charge in [0.2, 0.25) is 11.9 Å². The van der Waals surface area contributed by atoms with Gasteiger partial charge in [0.1, 0.15) is 6.61 Å². The second kappa shape index (κ2) is 9.07. The Kier molecular flexibility index (Phi) is 6.77. The molecule has 0 aromatic carbocycles. The van der Waals surface area contributed by atoms with Gasteiger partial charge >= 0.3 is 5.97 Å². The summed E-state index contributed by atoms with van der Waals surface area (Å²) in [5.41, 5.74) is 0. The Balaban J connectivity index is 1.57. The summed E-state index contributed by atoms with van der Waals surface area (Å²) in [6.07, 6.45) is 7.60. The third-order valence-corrected chi connectivity index (χ3v) is 3.80. The van der Waals surface area contributed by atoms with Crippen molar-refractivity contribution in [1.29, 1.82) is 0 Å². The van der Waals surface area contributed by atoms with Gasteiger partial charge < -0.3 is 15.4 Å². The molecule has 1 atom stereocenters. The average molecular weight is 320 g/mol. The molecule has 0 aliphatic heterocycles. The van der Waals surface area contributed by atoms with Crippen molar-refractivity contribution in [3.05, 3.63) is 18.5 Å². The average Bonchev–Trinajstić information content (AvgIpc) is 3.07. The number of rotatable bonds is 8. The fraction of sp³-hybridized carbons (Fsp3) is 0.625. The lowest BCUT2D eigenvalue weighted by Crippen LogP contribution is -2.38. The predicted octanol–water partition coefficient (Wildman–Crippen LogP) is 1.52. The minimum absolute atomic E-state index is 0.0608. The number of nitrogens with zero attached hydrogens (tertiary/aromatic N) is 2. The summed E-state index contributed by atoms with van der Waals surface area (Å²) in [6.45, 7) is 2.50. The predicted molar refractivity (Wildman–Crippen MR) is 85.7 cm³/mol. The van der Waals surface area contributed by atoms with Crippen molar-refractivity contribution >= 4 is 17.8 Å². The quantitative estimate of drug-likeness (QED) is 0.557. The minimum atomic E-state index is -0.319. The molecule has 7 heteroatoms. The molecule has 2 N–H and O–H groups in total. The van der Waals surface area contributed by atoms with Gasteiger partial charge in [0, 0.05) is 24.4 Å². The molecule has 7 nitrogen and oxygen atoms in total. The van der Waals surface area contributed by atoms with E-state index in [1.54, 1.807) is 18.5 Å². The molecule has 1 heterocycles. The van der Waals surface area contributed by atoms with Gasteiger partial charge in [0.25, 0.3) is 0 Å². The molecule has 1 aromatic heterocycles. The molecular weight excluding hydrogens is 296 g/mol. The van der Waals surface area contributed by atoms with Gasteiger partial charge in [-0.05, 0) is 25.8 Å². The van der Waals surface area contributed by atoms with Crippen molar-refractivity contribution < 1.29 is 14.3 Å². The molecular formula is C16H24N4O3. The van der Waals surface area contributed by atoms with Crippen LogP contribution in [-0.2, 0) is 14.3 Å². The summed E-state index contributed by atoms with van der Waals surface area (Å²) in [6, 6.07) is 1.52. The second-order valence-electron chi connectivity index (χ2n) is 5.81. The van der Waals surface area contributed by atoms with Gasteiger partial charge in [0.05, 0.1) is 13.0 Å². The number of amides is 1. The maximum Gasteiger partial charge on any atom is 0.307 e. The maximum atomic E-state index is 12.0. The van der Waals surface area contributed by atoms with Crippen LogP contribution in [0.2, 0.25) is 0 Å². The largest absolute Gasteiger partial charge is 0.464 e. The van der Waals surface area contributed by atoms with E-state index >= 15 is 0 Å². The van der Waals surface area contributed by atoms with Crippen LogP contribution in [0.5, 0.6) is 0 Å². The van der Waals surface area contributed by atoms with Crippen molar-refractivity contribution in [1.82, 2.24) is 15.3 Å². The van der Waals surface area contributed by atoms with Gasteiger partial charge in [-0.15, -0.1) is 0 Å². The Bertz CT molecular complexity index is 503. The van der Waals surface area contributed by atoms with Crippen molar-refractivity contribution in [3.8, 4) is 0 Å². The molecule has 1 aliphatic carbocycles. The van der Waals surface area contributed by atoms with Crippen molar-refractivity contribution in [3.63, 3.8) is 0 Å². The van der Waals surface area contributed by atoms with E-state index in [0.717, 1.165) is 25.7 Å². The van der Waals surface area contributed by atoms with Crippen LogP contribution in [0.25, 0.3) is 0 Å². The number of nitrogens with one attached hydrogen (secondary N) is 2. The summed E-state index contributed by atoms with van der Waals surface area (Å²) in [5, 5.41) is 5.85. The van der Waals surface area contributed by atoms with Gasteiger partial charge in [0.15, 0.2) is 0 Å². The van der Waals surface area contributed by atoms with Crippen molar-refractivity contribution in [2.24, 2.45) is 5.92 Å². The number of carbonyl (C=O) groups excluding carboxylic acids is 2. The van der Waals surface area contributed by atoms with Crippen molar-refractivity contribution in [2.75, 3.05) is 18.5 Å². The highest BCUT2D eigenvalue weighted by atomic mass is 16.5. The lowest BCUT2D eigenvalue weighted by atomic mass is 10.1. The zero-order valence-corrected chi connectivity index (χ0v) is 13.5. The molecule has 1 unspecified atom stereocenters. The number of ether oxygens (including phenoxy) is 1. The Hall–Kier alpha value is -2.18. The van der Waals surface area contributed by atoms with Crippen LogP contribution in [0, 0.1) is 5.92 Å². The number of aromatic nitrogens is 2. The first-order valence-corrected chi connectivity index (χ1v) is 8.12. The van der Waals surface area contributed by atoms with Gasteiger partial charge in [-0.2, -0.15) is 0 Å². The minimum Gasteiger partial charge on any atom is -0.464 e. The Morgan fingerprint density at radius 2 is 2.00 bits per heavy atom. The molecule has 0 bridgehead atoms. The topological polar surface area (TPSA) is 93.2 Å². The molecule has 1 saturated carbocycles. The number of hydrogen-bond donors (Lipinski definition) is 2. The van der Waals surface area contributed by atoms with Gasteiger partial charge in [-0.25, -0.2) is 9.97 Å². The Morgan fingerprint density at radius 1 is 1.30 bits per heavy atom. The van der Waals surface area contributed by atoms with E-state index < -0.39 is 0 Å². The van der Waals surface area contributed by atoms with E-state index in [1.165, 1.54) is 0 Å². The van der Waals surface area contributed by atoms with E-state index in [4.69, 9.17) is 4.74 Å². The summed E-state index contributed by atoms with van der Waals surface area (Å²) < 4.78 is 5.13. The first-order chi connectivity index (χ1) is 11.1. The molecule has 0 radical (unpaired) electrons. The van der Waals surface area contributed by atoms with Gasteiger partial charge in [-0.3, -0.25) is 9.59 Å². The summed E-state index contributed by atoms with van der Waals surface area (Å²) in [7, 11) is 0. The first kappa shape index (κ1) is 17.2. The molecule has 1 aliphatic rings. The highest BCUT2D eigenvalue weighted by Gasteiger charge is 2.24. The van der Waals surface area contributed by atoms with Crippen LogP contribution in [-0.4, -0.2) is 41.0 Å². The Labute approximate surface area is 136 Å². The van der Waals surface area contributed by atoms with E-state index in [0.29, 0.717) is 12.5 Å². The molecule has 0 saturated heterocycles. The molecule has 2 rings (SSSR count). The summed E-state index contributed by atoms with van der Waals surface area (Å²) in [4.78, 5) is 31.7. The van der Waals surface area contributed by atoms with Crippen LogP contribution >= 0.6 is 0 Å². The lowest BCUT2D eigenvalue weighted by Gasteiger charge is -2.16. The monoisotopic (exact) mass is 320 g/mol. The Morgan fingerprint density at radius 3 is 2.70 bits per heavy atom. The van der Waals surface area contributed by atoms with Crippen LogP contribution in [0.15, 0.2) is 18.5 Å². The highest BCUT2D eigenvalue weighted by molar-refractivity contribution is 5.80. The number of carbonyl (C=O) groups is 2. The number of hydrogen-bond acceptors (Lipinski definition) is 6. The maximum absolute atomic E-state index is 12.0. The van der Waals surface area contributed by atoms with Crippen LogP contribution < -0.4 is 10.6 Å². The number of esters is 1. The molecule has 0 spiro atoms. The zero-order chi connectivity index (χ0) is 16.5. The third kappa shape index (κ3) is 6.22. The smallest absolute Gasteiger partial charge is 0.307 e. The lowest BCUT2D eigenvalue weighted by molar-refractivity contribution is -0.143. The summed E-state index contributed by atoms with van der Waals surface area (Å²) in [5.74, 6) is 0.356. The van der Waals surface area contributed by atoms with Crippen LogP contribution in [0.4, 0.5) is 5.95 Å². The zero-order valence-electron chi connectivity index (χ0n) is 13.5. The summed E-state index contributed by atoms with van der Waals surface area (Å²) >= 11 is 0. The van der Waals surface area contributed by atoms with E-state index in [9.17, 15) is 9.59 Å². The van der Waals surface area contributed by atoms with Gasteiger partial charge in [-0.1, -0.05) is 12.8 Å². The van der Waals surface area contributed by atoms with Crippen molar-refractivity contribution in [2.45, 2.75) is 45.1 Å². The van der Waals surface area contributed by atoms with Crippen LogP contribution in [0.1, 0.15) is 39.0 Å². The molecule has 23 heavy (non-hydrogen) atoms. The normalized spacial score (nSPS) is 15.9. The molecule has 1 aromatic rings. The molecule has 1 fully saturated rings. The fourth-order valence-corrected chi connectivity index (χ4v) is 2.63. The molecule has 126 valence electrons. The first-order valence-electron chi connectivity index (χ1n) is 8.12. The standard InChI is InChI=1S/C16H24N4O3/c1-12(20-15(22)13-5-2-3-6-13)11-14(21)23-10-9-19-16-17-7-4-8-18-16/h4,7-8,12-13H,2-3,5-6,9-11H2,1H3,(H,20,22)(H,17,18,19). The third-order valence-electron chi connectivity index (χ3n) is 3.80. The number of anilines is 1. The highest BCUT2D eigenvalue weighted by Crippen LogP contribution is 2.24.